The minimum Gasteiger partial charge on any atom is -0.469 e. The first-order valence-electron chi connectivity index (χ1n) is 4.71. The Morgan fingerprint density at radius 1 is 1.53 bits per heavy atom. The standard InChI is InChI=1S/C9H14N4O3S/c1-16-8(15)5-7(14)11-3-4-12-9(17-2)13-6-10/h3-5H2,1-2H3,(H,11,14)(H,12,13). The summed E-state index contributed by atoms with van der Waals surface area (Å²) in [5.41, 5.74) is 0. The monoisotopic (exact) mass is 258 g/mol. The first-order valence-corrected chi connectivity index (χ1v) is 5.93. The molecule has 0 bridgehead atoms. The number of esters is 1. The van der Waals surface area contributed by atoms with E-state index in [1.807, 2.05) is 0 Å². The molecule has 0 radical (unpaired) electrons. The Labute approximate surface area is 104 Å². The number of carbonyl (C=O) groups is 2. The maximum absolute atomic E-state index is 11.1. The van der Waals surface area contributed by atoms with Gasteiger partial charge in [-0.1, -0.05) is 11.8 Å². The van der Waals surface area contributed by atoms with Crippen LogP contribution in [0.25, 0.3) is 0 Å². The third-order valence-corrected chi connectivity index (χ3v) is 2.20. The third kappa shape index (κ3) is 8.10. The summed E-state index contributed by atoms with van der Waals surface area (Å²) in [5.74, 6) is -0.993. The summed E-state index contributed by atoms with van der Waals surface area (Å²) in [4.78, 5) is 25.9. The van der Waals surface area contributed by atoms with E-state index in [9.17, 15) is 9.59 Å². The molecule has 2 N–H and O–H groups in total. The predicted molar refractivity (Wildman–Crippen MR) is 64.2 cm³/mol. The fourth-order valence-corrected chi connectivity index (χ4v) is 1.19. The van der Waals surface area contributed by atoms with Gasteiger partial charge < -0.3 is 10.1 Å². The van der Waals surface area contributed by atoms with Crippen LogP contribution in [0.2, 0.25) is 0 Å². The Hall–Kier alpha value is -1.75. The van der Waals surface area contributed by atoms with E-state index in [-0.39, 0.29) is 6.42 Å². The molecule has 0 saturated carbocycles. The van der Waals surface area contributed by atoms with Crippen molar-refractivity contribution in [1.82, 2.24) is 10.6 Å². The van der Waals surface area contributed by atoms with E-state index in [0.717, 1.165) is 0 Å². The molecule has 0 atom stereocenters. The van der Waals surface area contributed by atoms with Gasteiger partial charge in [0.25, 0.3) is 0 Å². The third-order valence-electron chi connectivity index (χ3n) is 1.58. The van der Waals surface area contributed by atoms with Crippen LogP contribution in [0.3, 0.4) is 0 Å². The summed E-state index contributed by atoms with van der Waals surface area (Å²) in [6.45, 7) is 0.630. The zero-order valence-electron chi connectivity index (χ0n) is 9.65. The van der Waals surface area contributed by atoms with E-state index in [0.29, 0.717) is 18.3 Å². The smallest absolute Gasteiger partial charge is 0.315 e. The van der Waals surface area contributed by atoms with Crippen LogP contribution in [0.4, 0.5) is 0 Å². The molecule has 0 rings (SSSR count). The molecule has 0 aliphatic carbocycles. The molecule has 0 aromatic carbocycles. The summed E-state index contributed by atoms with van der Waals surface area (Å²) in [6, 6.07) is 0. The number of thioether (sulfide) groups is 1. The lowest BCUT2D eigenvalue weighted by atomic mass is 10.4. The van der Waals surface area contributed by atoms with Crippen LogP contribution in [-0.4, -0.2) is 43.5 Å². The van der Waals surface area contributed by atoms with Crippen molar-refractivity contribution in [3.05, 3.63) is 0 Å². The average Bonchev–Trinajstić information content (AvgIpc) is 2.32. The Bertz CT molecular complexity index is 338. The molecule has 0 aliphatic heterocycles. The Kier molecular flexibility index (Phi) is 8.50. The molecule has 0 aliphatic rings. The molecule has 0 saturated heterocycles. The number of nitrogens with one attached hydrogen (secondary N) is 2. The molecular weight excluding hydrogens is 244 g/mol. The molecule has 0 spiro atoms. The number of aliphatic imine (C=N–C) groups is 1. The lowest BCUT2D eigenvalue weighted by Crippen LogP contribution is -2.28. The topological polar surface area (TPSA) is 104 Å². The normalized spacial score (nSPS) is 10.3. The van der Waals surface area contributed by atoms with Crippen molar-refractivity contribution in [2.24, 2.45) is 4.99 Å². The zero-order chi connectivity index (χ0) is 13.1. The first kappa shape index (κ1) is 15.2. The predicted octanol–water partition coefficient (Wildman–Crippen LogP) is -0.545. The van der Waals surface area contributed by atoms with Crippen LogP contribution >= 0.6 is 11.8 Å². The largest absolute Gasteiger partial charge is 0.469 e. The highest BCUT2D eigenvalue weighted by molar-refractivity contribution is 8.13. The number of hydrogen-bond acceptors (Lipinski definition) is 6. The van der Waals surface area contributed by atoms with E-state index < -0.39 is 11.9 Å². The maximum atomic E-state index is 11.1. The molecule has 17 heavy (non-hydrogen) atoms. The molecular formula is C9H14N4O3S. The van der Waals surface area contributed by atoms with E-state index in [1.165, 1.54) is 18.9 Å². The molecule has 8 heteroatoms. The second-order valence-electron chi connectivity index (χ2n) is 2.73. The van der Waals surface area contributed by atoms with Gasteiger partial charge in [-0.25, -0.2) is 0 Å². The van der Waals surface area contributed by atoms with Gasteiger partial charge in [-0.2, -0.15) is 5.26 Å². The lowest BCUT2D eigenvalue weighted by molar-refractivity contribution is -0.143. The number of hydrogen-bond donors (Lipinski definition) is 2. The van der Waals surface area contributed by atoms with Crippen molar-refractivity contribution in [3.8, 4) is 6.19 Å². The van der Waals surface area contributed by atoms with Gasteiger partial charge in [0, 0.05) is 6.54 Å². The maximum Gasteiger partial charge on any atom is 0.315 e. The van der Waals surface area contributed by atoms with Crippen LogP contribution in [0.1, 0.15) is 6.42 Å². The van der Waals surface area contributed by atoms with Crippen LogP contribution in [0.15, 0.2) is 4.99 Å². The summed E-state index contributed by atoms with van der Waals surface area (Å²) in [6.07, 6.45) is 3.23. The highest BCUT2D eigenvalue weighted by Crippen LogP contribution is 1.93. The lowest BCUT2D eigenvalue weighted by Gasteiger charge is -2.03. The molecule has 7 nitrogen and oxygen atoms in total. The number of amides is 1. The molecule has 1 amide bonds. The van der Waals surface area contributed by atoms with Crippen molar-refractivity contribution in [2.45, 2.75) is 6.42 Å². The number of nitrogens with zero attached hydrogens (tertiary/aromatic N) is 2. The number of ether oxygens (including phenoxy) is 1. The van der Waals surface area contributed by atoms with E-state index >= 15 is 0 Å². The van der Waals surface area contributed by atoms with Crippen LogP contribution in [0, 0.1) is 11.5 Å². The summed E-state index contributed by atoms with van der Waals surface area (Å²) < 4.78 is 4.34. The van der Waals surface area contributed by atoms with Crippen LogP contribution in [-0.2, 0) is 14.3 Å². The van der Waals surface area contributed by atoms with Gasteiger partial charge in [0.15, 0.2) is 11.4 Å². The molecule has 0 unspecified atom stereocenters. The highest BCUT2D eigenvalue weighted by atomic mass is 32.2. The zero-order valence-corrected chi connectivity index (χ0v) is 10.5. The van der Waals surface area contributed by atoms with Gasteiger partial charge in [-0.05, 0) is 6.26 Å². The fourth-order valence-electron chi connectivity index (χ4n) is 0.821. The van der Waals surface area contributed by atoms with Crippen LogP contribution < -0.4 is 10.6 Å². The quantitative estimate of drug-likeness (QED) is 0.130. The van der Waals surface area contributed by atoms with Crippen molar-refractivity contribution >= 4 is 28.8 Å². The van der Waals surface area contributed by atoms with Gasteiger partial charge in [-0.15, -0.1) is 0 Å². The van der Waals surface area contributed by atoms with Crippen molar-refractivity contribution in [1.29, 1.82) is 5.26 Å². The summed E-state index contributed by atoms with van der Waals surface area (Å²) in [5, 5.41) is 13.7. The molecule has 0 heterocycles. The minimum atomic E-state index is -0.582. The Balaban J connectivity index is 3.80. The Morgan fingerprint density at radius 2 is 2.24 bits per heavy atom. The van der Waals surface area contributed by atoms with Crippen molar-refractivity contribution in [2.75, 3.05) is 26.5 Å². The van der Waals surface area contributed by atoms with Gasteiger partial charge in [0.05, 0.1) is 13.7 Å². The Morgan fingerprint density at radius 3 is 2.76 bits per heavy atom. The number of nitriles is 1. The minimum absolute atomic E-state index is 0.299. The number of methoxy groups -OCH3 is 1. The number of carbonyl (C=O) groups excluding carboxylic acids is 2. The van der Waals surface area contributed by atoms with Gasteiger partial charge >= 0.3 is 5.97 Å². The van der Waals surface area contributed by atoms with Crippen LogP contribution in [0.5, 0.6) is 0 Å². The first-order chi connectivity index (χ1) is 8.13. The summed E-state index contributed by atoms with van der Waals surface area (Å²) >= 11 is 1.30. The molecule has 0 aromatic rings. The number of rotatable bonds is 5. The van der Waals surface area contributed by atoms with E-state index in [4.69, 9.17) is 5.26 Å². The van der Waals surface area contributed by atoms with E-state index in [2.05, 4.69) is 20.4 Å². The van der Waals surface area contributed by atoms with Crippen molar-refractivity contribution < 1.29 is 14.3 Å². The van der Waals surface area contributed by atoms with Crippen molar-refractivity contribution in [3.63, 3.8) is 0 Å². The van der Waals surface area contributed by atoms with Gasteiger partial charge in [-0.3, -0.25) is 19.9 Å². The van der Waals surface area contributed by atoms with E-state index in [1.54, 1.807) is 12.4 Å². The fraction of sp³-hybridized carbons (Fsp3) is 0.556. The molecule has 94 valence electrons. The second-order valence-corrected chi connectivity index (χ2v) is 3.53. The molecule has 0 fully saturated rings. The average molecular weight is 258 g/mol. The number of amidine groups is 1. The molecule has 0 aromatic heterocycles. The van der Waals surface area contributed by atoms with Gasteiger partial charge in [0.2, 0.25) is 5.91 Å². The second kappa shape index (κ2) is 9.47. The van der Waals surface area contributed by atoms with Gasteiger partial charge in [0.1, 0.15) is 6.42 Å². The highest BCUT2D eigenvalue weighted by Gasteiger charge is 2.07. The SMILES string of the molecule is COC(=O)CC(=O)NCCN=C(NC#N)SC. The summed E-state index contributed by atoms with van der Waals surface area (Å²) in [7, 11) is 1.22.